The second-order valence-corrected chi connectivity index (χ2v) is 5.85. The van der Waals surface area contributed by atoms with Gasteiger partial charge in [-0.2, -0.15) is 0 Å². The van der Waals surface area contributed by atoms with Crippen LogP contribution in [0.25, 0.3) is 0 Å². The van der Waals surface area contributed by atoms with Gasteiger partial charge in [0.25, 0.3) is 0 Å². The Kier molecular flexibility index (Phi) is 4.95. The van der Waals surface area contributed by atoms with Gasteiger partial charge in [-0.15, -0.1) is 0 Å². The third-order valence-corrected chi connectivity index (χ3v) is 3.85. The first kappa shape index (κ1) is 14.5. The highest BCUT2D eigenvalue weighted by Gasteiger charge is 2.37. The average molecular weight is 241 g/mol. The minimum absolute atomic E-state index is 0.0301. The zero-order valence-electron chi connectivity index (χ0n) is 11.6. The number of carbonyl (C=O) groups excluding carboxylic acids is 1. The van der Waals surface area contributed by atoms with Gasteiger partial charge < -0.3 is 16.0 Å². The van der Waals surface area contributed by atoms with Gasteiger partial charge in [0, 0.05) is 12.6 Å². The molecule has 0 aromatic heterocycles. The first-order chi connectivity index (χ1) is 7.87. The molecule has 3 N–H and O–H groups in total. The van der Waals surface area contributed by atoms with Gasteiger partial charge in [-0.25, -0.2) is 0 Å². The van der Waals surface area contributed by atoms with Crippen LogP contribution < -0.4 is 11.1 Å². The third-order valence-electron chi connectivity index (χ3n) is 3.85. The van der Waals surface area contributed by atoms with Crippen LogP contribution >= 0.6 is 0 Å². The molecular formula is C13H27N3O. The molecule has 1 aliphatic rings. The Bertz CT molecular complexity index is 249. The molecule has 0 aliphatic heterocycles. The molecule has 0 spiro atoms. The van der Waals surface area contributed by atoms with Crippen molar-refractivity contribution in [2.24, 2.45) is 11.7 Å². The normalized spacial score (nSPS) is 20.9. The Morgan fingerprint density at radius 2 is 1.88 bits per heavy atom. The lowest BCUT2D eigenvalue weighted by Crippen LogP contribution is -2.54. The summed E-state index contributed by atoms with van der Waals surface area (Å²) in [4.78, 5) is 14.2. The molecule has 0 heterocycles. The van der Waals surface area contributed by atoms with Gasteiger partial charge in [-0.3, -0.25) is 4.79 Å². The Morgan fingerprint density at radius 3 is 2.29 bits per heavy atom. The molecule has 1 aliphatic carbocycles. The molecule has 4 heteroatoms. The summed E-state index contributed by atoms with van der Waals surface area (Å²) in [5, 5.41) is 3.02. The summed E-state index contributed by atoms with van der Waals surface area (Å²) < 4.78 is 0. The first-order valence-electron chi connectivity index (χ1n) is 6.60. The second-order valence-electron chi connectivity index (χ2n) is 5.85. The summed E-state index contributed by atoms with van der Waals surface area (Å²) in [6.45, 7) is 5.03. The molecular weight excluding hydrogens is 214 g/mol. The Hall–Kier alpha value is -0.610. The van der Waals surface area contributed by atoms with Gasteiger partial charge >= 0.3 is 0 Å². The van der Waals surface area contributed by atoms with Crippen LogP contribution in [0.15, 0.2) is 0 Å². The van der Waals surface area contributed by atoms with Crippen LogP contribution in [0.5, 0.6) is 0 Å². The van der Waals surface area contributed by atoms with Gasteiger partial charge in [0.05, 0.1) is 5.54 Å². The zero-order valence-corrected chi connectivity index (χ0v) is 11.6. The lowest BCUT2D eigenvalue weighted by molar-refractivity contribution is -0.126. The molecule has 17 heavy (non-hydrogen) atoms. The summed E-state index contributed by atoms with van der Waals surface area (Å²) in [6.07, 6.45) is 3.80. The molecule has 0 radical (unpaired) electrons. The Labute approximate surface area is 105 Å². The first-order valence-corrected chi connectivity index (χ1v) is 6.60. The molecule has 1 unspecified atom stereocenters. The van der Waals surface area contributed by atoms with Crippen LogP contribution in [-0.4, -0.2) is 43.0 Å². The number of rotatable bonds is 5. The van der Waals surface area contributed by atoms with E-state index in [-0.39, 0.29) is 5.91 Å². The van der Waals surface area contributed by atoms with Crippen molar-refractivity contribution >= 4 is 5.91 Å². The third kappa shape index (κ3) is 3.68. The van der Waals surface area contributed by atoms with Crippen molar-refractivity contribution in [3.63, 3.8) is 0 Å². The van der Waals surface area contributed by atoms with E-state index >= 15 is 0 Å². The molecule has 4 nitrogen and oxygen atoms in total. The van der Waals surface area contributed by atoms with E-state index in [1.165, 1.54) is 0 Å². The largest absolute Gasteiger partial charge is 0.353 e. The van der Waals surface area contributed by atoms with Crippen molar-refractivity contribution in [1.29, 1.82) is 0 Å². The molecule has 1 amide bonds. The Morgan fingerprint density at radius 1 is 1.35 bits per heavy atom. The van der Waals surface area contributed by atoms with Gasteiger partial charge in [0.2, 0.25) is 5.91 Å². The second kappa shape index (κ2) is 5.83. The topological polar surface area (TPSA) is 58.4 Å². The number of nitrogens with two attached hydrogens (primary N) is 1. The lowest BCUT2D eigenvalue weighted by atomic mass is 9.97. The van der Waals surface area contributed by atoms with Crippen LogP contribution in [0.3, 0.4) is 0 Å². The van der Waals surface area contributed by atoms with E-state index in [1.807, 2.05) is 14.1 Å². The minimum atomic E-state index is -0.603. The fraction of sp³-hybridized carbons (Fsp3) is 0.923. The summed E-state index contributed by atoms with van der Waals surface area (Å²) in [6, 6.07) is 0.365. The van der Waals surface area contributed by atoms with Crippen LogP contribution in [0, 0.1) is 5.92 Å². The van der Waals surface area contributed by atoms with Crippen LogP contribution in [0.2, 0.25) is 0 Å². The van der Waals surface area contributed by atoms with Crippen LogP contribution in [0.1, 0.15) is 39.5 Å². The van der Waals surface area contributed by atoms with Gasteiger partial charge in [0.1, 0.15) is 0 Å². The number of nitrogens with one attached hydrogen (secondary N) is 1. The number of hydrogen-bond donors (Lipinski definition) is 2. The van der Waals surface area contributed by atoms with E-state index in [0.717, 1.165) is 25.7 Å². The maximum atomic E-state index is 12.1. The highest BCUT2D eigenvalue weighted by Crippen LogP contribution is 2.27. The molecule has 0 saturated heterocycles. The van der Waals surface area contributed by atoms with E-state index < -0.39 is 5.54 Å². The Balaban J connectivity index is 2.46. The monoisotopic (exact) mass is 241 g/mol. The number of hydrogen-bond acceptors (Lipinski definition) is 3. The van der Waals surface area contributed by atoms with Gasteiger partial charge in [-0.05, 0) is 32.9 Å². The number of amides is 1. The van der Waals surface area contributed by atoms with Crippen molar-refractivity contribution in [2.45, 2.75) is 51.1 Å². The summed E-state index contributed by atoms with van der Waals surface area (Å²) >= 11 is 0. The van der Waals surface area contributed by atoms with Crippen molar-refractivity contribution < 1.29 is 4.79 Å². The highest BCUT2D eigenvalue weighted by molar-refractivity contribution is 5.86. The quantitative estimate of drug-likeness (QED) is 0.754. The predicted molar refractivity (Wildman–Crippen MR) is 70.7 cm³/mol. The number of nitrogens with zero attached hydrogens (tertiary/aromatic N) is 1. The standard InChI is InChI=1S/C13H27N3O/c1-10(2)11(16(3)4)9-15-12(17)13(14)7-5-6-8-13/h10-11H,5-9,14H2,1-4H3,(H,15,17). The lowest BCUT2D eigenvalue weighted by Gasteiger charge is -2.30. The summed E-state index contributed by atoms with van der Waals surface area (Å²) in [7, 11) is 4.09. The smallest absolute Gasteiger partial charge is 0.240 e. The van der Waals surface area contributed by atoms with E-state index in [0.29, 0.717) is 18.5 Å². The maximum Gasteiger partial charge on any atom is 0.240 e. The molecule has 1 atom stereocenters. The minimum Gasteiger partial charge on any atom is -0.353 e. The molecule has 100 valence electrons. The zero-order chi connectivity index (χ0) is 13.1. The van der Waals surface area contributed by atoms with Crippen molar-refractivity contribution in [3.05, 3.63) is 0 Å². The average Bonchev–Trinajstić information content (AvgIpc) is 2.65. The van der Waals surface area contributed by atoms with Crippen molar-refractivity contribution in [2.75, 3.05) is 20.6 Å². The van der Waals surface area contributed by atoms with Gasteiger partial charge in [0.15, 0.2) is 0 Å². The van der Waals surface area contributed by atoms with E-state index in [1.54, 1.807) is 0 Å². The number of carbonyl (C=O) groups is 1. The molecule has 1 rings (SSSR count). The van der Waals surface area contributed by atoms with Crippen LogP contribution in [-0.2, 0) is 4.79 Å². The van der Waals surface area contributed by atoms with E-state index in [2.05, 4.69) is 24.1 Å². The molecule has 1 fully saturated rings. The predicted octanol–water partition coefficient (Wildman–Crippen LogP) is 0.960. The summed E-state index contributed by atoms with van der Waals surface area (Å²) in [5.74, 6) is 0.546. The maximum absolute atomic E-state index is 12.1. The SMILES string of the molecule is CC(C)C(CNC(=O)C1(N)CCCC1)N(C)C. The summed E-state index contributed by atoms with van der Waals surface area (Å²) in [5.41, 5.74) is 5.51. The van der Waals surface area contributed by atoms with E-state index in [9.17, 15) is 4.79 Å². The van der Waals surface area contributed by atoms with E-state index in [4.69, 9.17) is 5.73 Å². The number of likely N-dealkylation sites (N-methyl/N-ethyl adjacent to an activating group) is 1. The molecule has 0 bridgehead atoms. The van der Waals surface area contributed by atoms with Crippen LogP contribution in [0.4, 0.5) is 0 Å². The van der Waals surface area contributed by atoms with Crippen molar-refractivity contribution in [3.8, 4) is 0 Å². The van der Waals surface area contributed by atoms with Gasteiger partial charge in [-0.1, -0.05) is 26.7 Å². The molecule has 0 aromatic carbocycles. The molecule has 0 aromatic rings. The van der Waals surface area contributed by atoms with Crippen molar-refractivity contribution in [1.82, 2.24) is 10.2 Å². The molecule has 1 saturated carbocycles. The highest BCUT2D eigenvalue weighted by atomic mass is 16.2. The fourth-order valence-corrected chi connectivity index (χ4v) is 2.62. The fourth-order valence-electron chi connectivity index (χ4n) is 2.62.